The van der Waals surface area contributed by atoms with Gasteiger partial charge in [0.2, 0.25) is 5.88 Å². The molecular formula is C15H23ClN4OS. The van der Waals surface area contributed by atoms with Crippen molar-refractivity contribution in [1.29, 1.82) is 0 Å². The lowest BCUT2D eigenvalue weighted by molar-refractivity contribution is 0.304. The van der Waals surface area contributed by atoms with Crippen molar-refractivity contribution in [2.24, 2.45) is 4.99 Å². The number of halogens is 1. The molecule has 1 aliphatic rings. The summed E-state index contributed by atoms with van der Waals surface area (Å²) in [5, 5.41) is 3.95. The van der Waals surface area contributed by atoms with Gasteiger partial charge in [-0.05, 0) is 19.9 Å². The minimum Gasteiger partial charge on any atom is -0.476 e. The van der Waals surface area contributed by atoms with Gasteiger partial charge in [-0.25, -0.2) is 4.98 Å². The predicted octanol–water partition coefficient (Wildman–Crippen LogP) is 2.52. The molecule has 1 aromatic heterocycles. The molecule has 0 spiro atoms. The van der Waals surface area contributed by atoms with E-state index in [9.17, 15) is 0 Å². The maximum atomic E-state index is 5.79. The molecule has 5 nitrogen and oxygen atoms in total. The topological polar surface area (TPSA) is 49.8 Å². The van der Waals surface area contributed by atoms with E-state index >= 15 is 0 Å². The molecule has 0 unspecified atom stereocenters. The normalized spacial score (nSPS) is 18.2. The summed E-state index contributed by atoms with van der Waals surface area (Å²) in [5.74, 6) is 2.64. The Kier molecular flexibility index (Phi) is 6.20. The van der Waals surface area contributed by atoms with Gasteiger partial charge in [-0.3, -0.25) is 4.99 Å². The minimum absolute atomic E-state index is 0.263. The number of aliphatic imine (C=N–C) groups is 1. The third-order valence-corrected chi connectivity index (χ3v) is 4.79. The van der Waals surface area contributed by atoms with Crippen molar-refractivity contribution in [2.45, 2.75) is 18.6 Å². The van der Waals surface area contributed by atoms with E-state index in [1.807, 2.05) is 18.8 Å². The van der Waals surface area contributed by atoms with E-state index in [0.717, 1.165) is 24.8 Å². The first-order valence-corrected chi connectivity index (χ1v) is 8.70. The highest BCUT2D eigenvalue weighted by Crippen LogP contribution is 2.29. The second-order valence-corrected chi connectivity index (χ2v) is 7.91. The molecule has 0 bridgehead atoms. The molecule has 0 saturated carbocycles. The number of pyridine rings is 1. The van der Waals surface area contributed by atoms with E-state index in [1.54, 1.807) is 18.3 Å². The number of nitrogens with one attached hydrogen (secondary N) is 1. The average Bonchev–Trinajstić information content (AvgIpc) is 2.48. The number of rotatable bonds is 4. The number of thioether (sulfide) groups is 1. The second kappa shape index (κ2) is 7.92. The SMILES string of the molecule is CN=C(NCCOc1ccc(Cl)cn1)N1CCSC(C)(C)C1. The molecule has 122 valence electrons. The van der Waals surface area contributed by atoms with Gasteiger partial charge in [0.1, 0.15) is 6.61 Å². The maximum Gasteiger partial charge on any atom is 0.213 e. The van der Waals surface area contributed by atoms with Crippen molar-refractivity contribution < 1.29 is 4.74 Å². The molecule has 0 amide bonds. The molecule has 1 N–H and O–H groups in total. The maximum absolute atomic E-state index is 5.79. The zero-order valence-corrected chi connectivity index (χ0v) is 14.9. The van der Waals surface area contributed by atoms with Crippen LogP contribution in [-0.4, -0.2) is 59.6 Å². The zero-order chi connectivity index (χ0) is 16.0. The van der Waals surface area contributed by atoms with Crippen LogP contribution in [0.1, 0.15) is 13.8 Å². The highest BCUT2D eigenvalue weighted by Gasteiger charge is 2.28. The molecule has 1 aromatic rings. The summed E-state index contributed by atoms with van der Waals surface area (Å²) in [4.78, 5) is 10.8. The molecule has 1 saturated heterocycles. The van der Waals surface area contributed by atoms with Gasteiger partial charge in [0, 0.05) is 42.9 Å². The van der Waals surface area contributed by atoms with Gasteiger partial charge >= 0.3 is 0 Å². The van der Waals surface area contributed by atoms with Crippen LogP contribution in [0.5, 0.6) is 5.88 Å². The van der Waals surface area contributed by atoms with E-state index in [1.165, 1.54) is 0 Å². The van der Waals surface area contributed by atoms with Crippen LogP contribution in [0, 0.1) is 0 Å². The number of guanidine groups is 1. The first-order valence-electron chi connectivity index (χ1n) is 7.34. The van der Waals surface area contributed by atoms with E-state index in [4.69, 9.17) is 16.3 Å². The van der Waals surface area contributed by atoms with Crippen LogP contribution >= 0.6 is 23.4 Å². The Morgan fingerprint density at radius 2 is 2.36 bits per heavy atom. The van der Waals surface area contributed by atoms with Crippen LogP contribution < -0.4 is 10.1 Å². The fraction of sp³-hybridized carbons (Fsp3) is 0.600. The van der Waals surface area contributed by atoms with Gasteiger partial charge in [-0.1, -0.05) is 11.6 Å². The first kappa shape index (κ1) is 17.2. The Bertz CT molecular complexity index is 507. The van der Waals surface area contributed by atoms with Gasteiger partial charge in [0.15, 0.2) is 5.96 Å². The van der Waals surface area contributed by atoms with Crippen LogP contribution in [0.2, 0.25) is 5.02 Å². The summed E-state index contributed by atoms with van der Waals surface area (Å²) in [6.07, 6.45) is 1.58. The molecule has 1 fully saturated rings. The van der Waals surface area contributed by atoms with Crippen molar-refractivity contribution in [2.75, 3.05) is 39.0 Å². The molecule has 0 radical (unpaired) electrons. The van der Waals surface area contributed by atoms with Crippen molar-refractivity contribution in [3.63, 3.8) is 0 Å². The highest BCUT2D eigenvalue weighted by molar-refractivity contribution is 8.00. The zero-order valence-electron chi connectivity index (χ0n) is 13.3. The molecule has 0 atom stereocenters. The largest absolute Gasteiger partial charge is 0.476 e. The molecule has 0 aliphatic carbocycles. The Morgan fingerprint density at radius 1 is 1.55 bits per heavy atom. The van der Waals surface area contributed by atoms with Crippen molar-refractivity contribution in [1.82, 2.24) is 15.2 Å². The van der Waals surface area contributed by atoms with Crippen LogP contribution in [0.25, 0.3) is 0 Å². The molecule has 1 aliphatic heterocycles. The van der Waals surface area contributed by atoms with Gasteiger partial charge in [0.25, 0.3) is 0 Å². The summed E-state index contributed by atoms with van der Waals surface area (Å²) < 4.78 is 5.84. The third-order valence-electron chi connectivity index (χ3n) is 3.27. The third kappa shape index (κ3) is 5.25. The van der Waals surface area contributed by atoms with Crippen molar-refractivity contribution in [3.8, 4) is 5.88 Å². The van der Waals surface area contributed by atoms with Crippen LogP contribution in [-0.2, 0) is 0 Å². The van der Waals surface area contributed by atoms with Gasteiger partial charge in [-0.2, -0.15) is 11.8 Å². The smallest absolute Gasteiger partial charge is 0.213 e. The number of ether oxygens (including phenoxy) is 1. The Labute approximate surface area is 141 Å². The molecule has 2 rings (SSSR count). The van der Waals surface area contributed by atoms with Crippen LogP contribution in [0.3, 0.4) is 0 Å². The lowest BCUT2D eigenvalue weighted by Gasteiger charge is -2.39. The molecule has 0 aromatic carbocycles. The van der Waals surface area contributed by atoms with Gasteiger partial charge in [-0.15, -0.1) is 0 Å². The van der Waals surface area contributed by atoms with Crippen LogP contribution in [0.15, 0.2) is 23.3 Å². The first-order chi connectivity index (χ1) is 10.5. The second-order valence-electron chi connectivity index (χ2n) is 5.67. The standard InChI is InChI=1S/C15H23ClN4OS/c1-15(2)11-20(7-9-22-15)14(17-3)18-6-8-21-13-5-4-12(16)10-19-13/h4-5,10H,6-9,11H2,1-3H3,(H,17,18). The summed E-state index contributed by atoms with van der Waals surface area (Å²) in [6, 6.07) is 3.53. The van der Waals surface area contributed by atoms with Gasteiger partial charge in [0.05, 0.1) is 11.6 Å². The lowest BCUT2D eigenvalue weighted by atomic mass is 10.2. The monoisotopic (exact) mass is 342 g/mol. The Morgan fingerprint density at radius 3 is 3.00 bits per heavy atom. The molecule has 2 heterocycles. The number of nitrogens with zero attached hydrogens (tertiary/aromatic N) is 3. The lowest BCUT2D eigenvalue weighted by Crippen LogP contribution is -2.51. The Hall–Kier alpha value is -1.14. The van der Waals surface area contributed by atoms with Crippen molar-refractivity contribution in [3.05, 3.63) is 23.4 Å². The van der Waals surface area contributed by atoms with Gasteiger partial charge < -0.3 is 15.0 Å². The fourth-order valence-electron chi connectivity index (χ4n) is 2.30. The highest BCUT2D eigenvalue weighted by atomic mass is 35.5. The molecular weight excluding hydrogens is 320 g/mol. The van der Waals surface area contributed by atoms with E-state index in [0.29, 0.717) is 24.1 Å². The summed E-state index contributed by atoms with van der Waals surface area (Å²) in [6.45, 7) is 7.77. The number of aromatic nitrogens is 1. The van der Waals surface area contributed by atoms with E-state index < -0.39 is 0 Å². The van der Waals surface area contributed by atoms with Crippen LogP contribution in [0.4, 0.5) is 0 Å². The number of hydrogen-bond donors (Lipinski definition) is 1. The van der Waals surface area contributed by atoms with E-state index in [2.05, 4.69) is 34.0 Å². The fourth-order valence-corrected chi connectivity index (χ4v) is 3.52. The average molecular weight is 343 g/mol. The summed E-state index contributed by atoms with van der Waals surface area (Å²) in [5.41, 5.74) is 0. The quantitative estimate of drug-likeness (QED) is 0.517. The predicted molar refractivity (Wildman–Crippen MR) is 94.2 cm³/mol. The molecule has 22 heavy (non-hydrogen) atoms. The number of hydrogen-bond acceptors (Lipinski definition) is 4. The Balaban J connectivity index is 1.76. The molecule has 7 heteroatoms. The van der Waals surface area contributed by atoms with Crippen molar-refractivity contribution >= 4 is 29.3 Å². The summed E-state index contributed by atoms with van der Waals surface area (Å²) >= 11 is 7.80. The van der Waals surface area contributed by atoms with E-state index in [-0.39, 0.29) is 4.75 Å². The summed E-state index contributed by atoms with van der Waals surface area (Å²) in [7, 11) is 1.82. The minimum atomic E-state index is 0.263.